The molecule has 0 aromatic heterocycles. The Morgan fingerprint density at radius 1 is 1.00 bits per heavy atom. The number of ether oxygens (including phenoxy) is 3. The fourth-order valence-corrected chi connectivity index (χ4v) is 1.79. The van der Waals surface area contributed by atoms with E-state index in [1.807, 2.05) is 0 Å². The SMILES string of the molecule is COc1ccc(OCC(=O)c2ccc(O)cc2)cc1OC. The second kappa shape index (κ2) is 6.65. The average molecular weight is 288 g/mol. The molecule has 2 aromatic rings. The smallest absolute Gasteiger partial charge is 0.200 e. The largest absolute Gasteiger partial charge is 0.508 e. The molecule has 2 aromatic carbocycles. The van der Waals surface area contributed by atoms with Crippen LogP contribution in [0.2, 0.25) is 0 Å². The molecule has 0 saturated carbocycles. The Labute approximate surface area is 122 Å². The first-order valence-corrected chi connectivity index (χ1v) is 6.31. The molecule has 0 fully saturated rings. The summed E-state index contributed by atoms with van der Waals surface area (Å²) in [6.45, 7) is -0.0970. The highest BCUT2D eigenvalue weighted by Gasteiger charge is 2.09. The van der Waals surface area contributed by atoms with Crippen molar-refractivity contribution in [2.45, 2.75) is 0 Å². The van der Waals surface area contributed by atoms with Gasteiger partial charge in [-0.05, 0) is 36.4 Å². The van der Waals surface area contributed by atoms with Crippen molar-refractivity contribution in [2.24, 2.45) is 0 Å². The Hall–Kier alpha value is -2.69. The Morgan fingerprint density at radius 2 is 1.67 bits per heavy atom. The number of hydrogen-bond acceptors (Lipinski definition) is 5. The molecule has 5 heteroatoms. The number of carbonyl (C=O) groups is 1. The summed E-state index contributed by atoms with van der Waals surface area (Å²) in [6.07, 6.45) is 0. The highest BCUT2D eigenvalue weighted by molar-refractivity contribution is 5.97. The van der Waals surface area contributed by atoms with Crippen molar-refractivity contribution >= 4 is 5.78 Å². The minimum Gasteiger partial charge on any atom is -0.508 e. The van der Waals surface area contributed by atoms with Crippen LogP contribution in [0.3, 0.4) is 0 Å². The van der Waals surface area contributed by atoms with Crippen molar-refractivity contribution in [1.29, 1.82) is 0 Å². The lowest BCUT2D eigenvalue weighted by molar-refractivity contribution is 0.0921. The van der Waals surface area contributed by atoms with Crippen molar-refractivity contribution in [3.8, 4) is 23.0 Å². The van der Waals surface area contributed by atoms with Gasteiger partial charge in [0, 0.05) is 11.6 Å². The van der Waals surface area contributed by atoms with E-state index in [4.69, 9.17) is 14.2 Å². The van der Waals surface area contributed by atoms with Crippen LogP contribution in [0, 0.1) is 0 Å². The second-order valence-electron chi connectivity index (χ2n) is 4.28. The molecule has 0 unspecified atom stereocenters. The minimum atomic E-state index is -0.176. The molecule has 110 valence electrons. The van der Waals surface area contributed by atoms with E-state index in [1.54, 1.807) is 37.4 Å². The molecule has 0 spiro atoms. The predicted molar refractivity (Wildman–Crippen MR) is 77.5 cm³/mol. The van der Waals surface area contributed by atoms with E-state index >= 15 is 0 Å². The molecule has 0 amide bonds. The maximum atomic E-state index is 11.9. The van der Waals surface area contributed by atoms with Crippen molar-refractivity contribution in [1.82, 2.24) is 0 Å². The number of phenolic OH excluding ortho intramolecular Hbond substituents is 1. The molecule has 5 nitrogen and oxygen atoms in total. The third-order valence-corrected chi connectivity index (χ3v) is 2.91. The molecule has 2 rings (SSSR count). The summed E-state index contributed by atoms with van der Waals surface area (Å²) in [5, 5.41) is 9.19. The summed E-state index contributed by atoms with van der Waals surface area (Å²) in [5.74, 6) is 1.58. The molecule has 21 heavy (non-hydrogen) atoms. The summed E-state index contributed by atoms with van der Waals surface area (Å²) in [5.41, 5.74) is 0.480. The van der Waals surface area contributed by atoms with Gasteiger partial charge in [-0.3, -0.25) is 4.79 Å². The van der Waals surface area contributed by atoms with E-state index in [0.717, 1.165) is 0 Å². The highest BCUT2D eigenvalue weighted by atomic mass is 16.5. The lowest BCUT2D eigenvalue weighted by Crippen LogP contribution is -2.11. The van der Waals surface area contributed by atoms with Gasteiger partial charge in [0.2, 0.25) is 0 Å². The first-order valence-electron chi connectivity index (χ1n) is 6.31. The molecule has 0 heterocycles. The zero-order chi connectivity index (χ0) is 15.2. The summed E-state index contributed by atoms with van der Waals surface area (Å²) in [4.78, 5) is 11.9. The fourth-order valence-electron chi connectivity index (χ4n) is 1.79. The second-order valence-corrected chi connectivity index (χ2v) is 4.28. The van der Waals surface area contributed by atoms with E-state index in [1.165, 1.54) is 19.2 Å². The first-order chi connectivity index (χ1) is 10.1. The van der Waals surface area contributed by atoms with Gasteiger partial charge in [-0.1, -0.05) is 0 Å². The van der Waals surface area contributed by atoms with Gasteiger partial charge >= 0.3 is 0 Å². The molecule has 0 bridgehead atoms. The average Bonchev–Trinajstić information content (AvgIpc) is 2.52. The minimum absolute atomic E-state index is 0.0970. The Morgan fingerprint density at radius 3 is 2.29 bits per heavy atom. The van der Waals surface area contributed by atoms with Gasteiger partial charge in [0.25, 0.3) is 0 Å². The van der Waals surface area contributed by atoms with Gasteiger partial charge in [0.1, 0.15) is 11.5 Å². The van der Waals surface area contributed by atoms with Crippen LogP contribution >= 0.6 is 0 Å². The molecular formula is C16H16O5. The van der Waals surface area contributed by atoms with Crippen LogP contribution in [0.5, 0.6) is 23.0 Å². The number of hydrogen-bond donors (Lipinski definition) is 1. The monoisotopic (exact) mass is 288 g/mol. The highest BCUT2D eigenvalue weighted by Crippen LogP contribution is 2.30. The summed E-state index contributed by atoms with van der Waals surface area (Å²) < 4.78 is 15.7. The molecular weight excluding hydrogens is 272 g/mol. The number of Topliss-reactive ketones (excluding diaryl/α,β-unsaturated/α-hetero) is 1. The fraction of sp³-hybridized carbons (Fsp3) is 0.188. The molecule has 0 aliphatic heterocycles. The van der Waals surface area contributed by atoms with Crippen LogP contribution in [0.4, 0.5) is 0 Å². The maximum Gasteiger partial charge on any atom is 0.200 e. The van der Waals surface area contributed by atoms with Gasteiger partial charge in [0.15, 0.2) is 23.9 Å². The summed E-state index contributed by atoms with van der Waals surface area (Å²) in [7, 11) is 3.08. The normalized spacial score (nSPS) is 10.0. The van der Waals surface area contributed by atoms with Crippen molar-refractivity contribution in [3.63, 3.8) is 0 Å². The zero-order valence-corrected chi connectivity index (χ0v) is 11.8. The van der Waals surface area contributed by atoms with Crippen molar-refractivity contribution in [2.75, 3.05) is 20.8 Å². The van der Waals surface area contributed by atoms with Crippen LogP contribution in [0.25, 0.3) is 0 Å². The number of benzene rings is 2. The standard InChI is InChI=1S/C16H16O5/c1-19-15-8-7-13(9-16(15)20-2)21-10-14(18)11-3-5-12(17)6-4-11/h3-9,17H,10H2,1-2H3. The topological polar surface area (TPSA) is 65.0 Å². The Kier molecular flexibility index (Phi) is 4.66. The van der Waals surface area contributed by atoms with Gasteiger partial charge in [0.05, 0.1) is 14.2 Å². The number of aromatic hydroxyl groups is 1. The van der Waals surface area contributed by atoms with Crippen molar-refractivity contribution < 1.29 is 24.1 Å². The first kappa shape index (κ1) is 14.7. The van der Waals surface area contributed by atoms with Crippen molar-refractivity contribution in [3.05, 3.63) is 48.0 Å². The molecule has 0 radical (unpaired) electrons. The van der Waals surface area contributed by atoms with E-state index in [9.17, 15) is 9.90 Å². The van der Waals surface area contributed by atoms with Crippen LogP contribution < -0.4 is 14.2 Å². The van der Waals surface area contributed by atoms with Gasteiger partial charge in [-0.25, -0.2) is 0 Å². The maximum absolute atomic E-state index is 11.9. The lowest BCUT2D eigenvalue weighted by Gasteiger charge is -2.10. The summed E-state index contributed by atoms with van der Waals surface area (Å²) >= 11 is 0. The molecule has 0 aliphatic carbocycles. The third kappa shape index (κ3) is 3.66. The number of carbonyl (C=O) groups excluding carboxylic acids is 1. The molecule has 0 aliphatic rings. The Balaban J connectivity index is 2.02. The van der Waals surface area contributed by atoms with Crippen LogP contribution in [-0.4, -0.2) is 31.7 Å². The number of rotatable bonds is 6. The zero-order valence-electron chi connectivity index (χ0n) is 11.8. The predicted octanol–water partition coefficient (Wildman–Crippen LogP) is 2.67. The number of ketones is 1. The lowest BCUT2D eigenvalue weighted by atomic mass is 10.1. The molecule has 1 N–H and O–H groups in total. The quantitative estimate of drug-likeness (QED) is 0.828. The third-order valence-electron chi connectivity index (χ3n) is 2.91. The van der Waals surface area contributed by atoms with Gasteiger partial charge in [-0.15, -0.1) is 0 Å². The molecule has 0 saturated heterocycles. The summed E-state index contributed by atoms with van der Waals surface area (Å²) in [6, 6.07) is 11.1. The van der Waals surface area contributed by atoms with Gasteiger partial charge < -0.3 is 19.3 Å². The van der Waals surface area contributed by atoms with Gasteiger partial charge in [-0.2, -0.15) is 0 Å². The Bertz CT molecular complexity index is 619. The van der Waals surface area contributed by atoms with Crippen LogP contribution in [0.15, 0.2) is 42.5 Å². The van der Waals surface area contributed by atoms with E-state index in [0.29, 0.717) is 22.8 Å². The van der Waals surface area contributed by atoms with E-state index in [-0.39, 0.29) is 18.1 Å². The van der Waals surface area contributed by atoms with Crippen LogP contribution in [0.1, 0.15) is 10.4 Å². The number of methoxy groups -OCH3 is 2. The number of phenols is 1. The van der Waals surface area contributed by atoms with Crippen LogP contribution in [-0.2, 0) is 0 Å². The van der Waals surface area contributed by atoms with E-state index in [2.05, 4.69) is 0 Å². The van der Waals surface area contributed by atoms with E-state index < -0.39 is 0 Å². The molecule has 0 atom stereocenters.